The molecule has 0 unspecified atom stereocenters. The third-order valence-corrected chi connectivity index (χ3v) is 2.80. The molecule has 1 aromatic rings. The van der Waals surface area contributed by atoms with Crippen molar-refractivity contribution in [2.45, 2.75) is 12.5 Å². The lowest BCUT2D eigenvalue weighted by Crippen LogP contribution is -2.61. The van der Waals surface area contributed by atoms with Gasteiger partial charge in [0.2, 0.25) is 5.91 Å². The van der Waals surface area contributed by atoms with Crippen molar-refractivity contribution in [3.63, 3.8) is 0 Å². The Hall–Kier alpha value is -1.60. The van der Waals surface area contributed by atoms with Gasteiger partial charge in [-0.25, -0.2) is 13.2 Å². The van der Waals surface area contributed by atoms with Crippen molar-refractivity contribution in [2.24, 2.45) is 0 Å². The average Bonchev–Trinajstić information content (AvgIpc) is 2.27. The number of nitrogens with one attached hydrogen (secondary N) is 1. The summed E-state index contributed by atoms with van der Waals surface area (Å²) in [6.45, 7) is 2.26. The number of amides is 1. The molecule has 0 spiro atoms. The van der Waals surface area contributed by atoms with Crippen molar-refractivity contribution in [1.82, 2.24) is 4.90 Å². The van der Waals surface area contributed by atoms with E-state index < -0.39 is 34.6 Å². The number of β-amino-alcohol motifs (C(OH)–C–C–N with tert-alkyl or cyclic N) is 1. The summed E-state index contributed by atoms with van der Waals surface area (Å²) in [4.78, 5) is 13.2. The lowest BCUT2D eigenvalue weighted by molar-refractivity contribution is -0.125. The van der Waals surface area contributed by atoms with Crippen LogP contribution in [0.2, 0.25) is 0 Å². The topological polar surface area (TPSA) is 52.6 Å². The first-order valence-corrected chi connectivity index (χ1v) is 5.66. The lowest BCUT2D eigenvalue weighted by atomic mass is 9.97. The van der Waals surface area contributed by atoms with E-state index in [1.54, 1.807) is 11.8 Å². The zero-order chi connectivity index (χ0) is 14.2. The highest BCUT2D eigenvalue weighted by Gasteiger charge is 2.37. The minimum atomic E-state index is -1.62. The molecule has 0 aromatic heterocycles. The van der Waals surface area contributed by atoms with Gasteiger partial charge < -0.3 is 10.4 Å². The van der Waals surface area contributed by atoms with E-state index in [9.17, 15) is 23.1 Å². The van der Waals surface area contributed by atoms with E-state index in [0.29, 0.717) is 13.1 Å². The number of hydrogen-bond donors (Lipinski definition) is 2. The lowest BCUT2D eigenvalue weighted by Gasteiger charge is -2.43. The van der Waals surface area contributed by atoms with Crippen LogP contribution in [-0.2, 0) is 4.79 Å². The molecule has 0 atom stereocenters. The normalized spacial score (nSPS) is 17.9. The second kappa shape index (κ2) is 4.82. The van der Waals surface area contributed by atoms with E-state index in [1.807, 2.05) is 0 Å². The van der Waals surface area contributed by atoms with E-state index in [-0.39, 0.29) is 6.54 Å². The van der Waals surface area contributed by atoms with Gasteiger partial charge in [0.25, 0.3) is 0 Å². The third-order valence-electron chi connectivity index (χ3n) is 2.80. The first kappa shape index (κ1) is 13.8. The van der Waals surface area contributed by atoms with Gasteiger partial charge in [0.1, 0.15) is 0 Å². The van der Waals surface area contributed by atoms with Crippen molar-refractivity contribution in [3.05, 3.63) is 29.6 Å². The molecule has 0 radical (unpaired) electrons. The van der Waals surface area contributed by atoms with Gasteiger partial charge in [-0.1, -0.05) is 0 Å². The summed E-state index contributed by atoms with van der Waals surface area (Å²) in [6.07, 6.45) is 0. The Kier molecular flexibility index (Phi) is 3.51. The largest absolute Gasteiger partial charge is 0.388 e. The maximum Gasteiger partial charge on any atom is 0.238 e. The Morgan fingerprint density at radius 3 is 2.58 bits per heavy atom. The fourth-order valence-electron chi connectivity index (χ4n) is 2.04. The number of nitrogens with zero attached hydrogens (tertiary/aromatic N) is 1. The van der Waals surface area contributed by atoms with Crippen molar-refractivity contribution in [1.29, 1.82) is 0 Å². The summed E-state index contributed by atoms with van der Waals surface area (Å²) < 4.78 is 38.9. The van der Waals surface area contributed by atoms with Crippen LogP contribution in [0.1, 0.15) is 6.92 Å². The van der Waals surface area contributed by atoms with Crippen molar-refractivity contribution in [3.8, 4) is 0 Å². The van der Waals surface area contributed by atoms with E-state index in [0.717, 1.165) is 12.1 Å². The van der Waals surface area contributed by atoms with Gasteiger partial charge in [0, 0.05) is 13.1 Å². The van der Waals surface area contributed by atoms with Gasteiger partial charge in [0.05, 0.1) is 17.8 Å². The Balaban J connectivity index is 1.95. The fraction of sp³-hybridized carbons (Fsp3) is 0.417. The van der Waals surface area contributed by atoms with Gasteiger partial charge >= 0.3 is 0 Å². The Morgan fingerprint density at radius 1 is 1.37 bits per heavy atom. The summed E-state index contributed by atoms with van der Waals surface area (Å²) in [5, 5.41) is 11.6. The molecule has 1 fully saturated rings. The number of anilines is 1. The third kappa shape index (κ3) is 3.05. The van der Waals surface area contributed by atoms with E-state index in [1.165, 1.54) is 0 Å². The number of hydrogen-bond acceptors (Lipinski definition) is 3. The standard InChI is InChI=1S/C12H13F3N2O2/c1-12(19)5-17(6-12)4-9(18)16-8-3-2-7(13)10(14)11(8)15/h2-3,19H,4-6H2,1H3,(H,16,18). The van der Waals surface area contributed by atoms with Crippen molar-refractivity contribution in [2.75, 3.05) is 25.0 Å². The molecule has 2 rings (SSSR count). The second-order valence-corrected chi connectivity index (χ2v) is 4.91. The summed E-state index contributed by atoms with van der Waals surface area (Å²) in [6, 6.07) is 1.69. The Bertz CT molecular complexity index is 512. The van der Waals surface area contributed by atoms with E-state index in [2.05, 4.69) is 5.32 Å². The fourth-order valence-corrected chi connectivity index (χ4v) is 2.04. The van der Waals surface area contributed by atoms with Crippen LogP contribution >= 0.6 is 0 Å². The van der Waals surface area contributed by atoms with Crippen LogP contribution in [0.3, 0.4) is 0 Å². The van der Waals surface area contributed by atoms with Gasteiger partial charge in [-0.3, -0.25) is 9.69 Å². The number of benzene rings is 1. The molecule has 104 valence electrons. The maximum atomic E-state index is 13.3. The molecule has 0 aliphatic carbocycles. The van der Waals surface area contributed by atoms with Crippen LogP contribution < -0.4 is 5.32 Å². The van der Waals surface area contributed by atoms with Gasteiger partial charge in [-0.15, -0.1) is 0 Å². The molecule has 1 amide bonds. The highest BCUT2D eigenvalue weighted by molar-refractivity contribution is 5.92. The molecule has 1 aliphatic rings. The van der Waals surface area contributed by atoms with Crippen molar-refractivity contribution >= 4 is 11.6 Å². The molecule has 2 N–H and O–H groups in total. The summed E-state index contributed by atoms with van der Waals surface area (Å²) >= 11 is 0. The first-order valence-electron chi connectivity index (χ1n) is 5.66. The van der Waals surface area contributed by atoms with E-state index in [4.69, 9.17) is 0 Å². The highest BCUT2D eigenvalue weighted by Crippen LogP contribution is 2.21. The molecule has 0 saturated carbocycles. The number of halogens is 3. The molecule has 0 bridgehead atoms. The van der Waals surface area contributed by atoms with Crippen LogP contribution in [0.5, 0.6) is 0 Å². The number of aliphatic hydroxyl groups is 1. The van der Waals surface area contributed by atoms with Crippen LogP contribution in [0.15, 0.2) is 12.1 Å². The van der Waals surface area contributed by atoms with Gasteiger partial charge in [-0.2, -0.15) is 0 Å². The minimum absolute atomic E-state index is 0.0470. The smallest absolute Gasteiger partial charge is 0.238 e. The molecular weight excluding hydrogens is 261 g/mol. The zero-order valence-corrected chi connectivity index (χ0v) is 10.2. The molecule has 7 heteroatoms. The number of carbonyl (C=O) groups is 1. The van der Waals surface area contributed by atoms with Crippen LogP contribution in [0.4, 0.5) is 18.9 Å². The molecule has 1 heterocycles. The maximum absolute atomic E-state index is 13.3. The highest BCUT2D eigenvalue weighted by atomic mass is 19.2. The SMILES string of the molecule is CC1(O)CN(CC(=O)Nc2ccc(F)c(F)c2F)C1. The summed E-state index contributed by atoms with van der Waals surface area (Å²) in [5.41, 5.74) is -1.22. The van der Waals surface area contributed by atoms with Crippen LogP contribution in [0, 0.1) is 17.5 Å². The summed E-state index contributed by atoms with van der Waals surface area (Å²) in [5.74, 6) is -4.91. The summed E-state index contributed by atoms with van der Waals surface area (Å²) in [7, 11) is 0. The average molecular weight is 274 g/mol. The number of rotatable bonds is 3. The monoisotopic (exact) mass is 274 g/mol. The van der Waals surface area contributed by atoms with E-state index >= 15 is 0 Å². The second-order valence-electron chi connectivity index (χ2n) is 4.91. The van der Waals surface area contributed by atoms with Crippen LogP contribution in [0.25, 0.3) is 0 Å². The molecule has 1 saturated heterocycles. The quantitative estimate of drug-likeness (QED) is 0.812. The predicted octanol–water partition coefficient (Wildman–Crippen LogP) is 1.11. The molecule has 1 aliphatic heterocycles. The number of likely N-dealkylation sites (tertiary alicyclic amines) is 1. The first-order chi connectivity index (χ1) is 8.78. The van der Waals surface area contributed by atoms with Gasteiger partial charge in [0.15, 0.2) is 17.5 Å². The van der Waals surface area contributed by atoms with Crippen LogP contribution in [-0.4, -0.2) is 41.1 Å². The minimum Gasteiger partial charge on any atom is -0.388 e. The Morgan fingerprint density at radius 2 is 2.00 bits per heavy atom. The van der Waals surface area contributed by atoms with Crippen molar-refractivity contribution < 1.29 is 23.1 Å². The molecule has 1 aromatic carbocycles. The molecule has 19 heavy (non-hydrogen) atoms. The zero-order valence-electron chi connectivity index (χ0n) is 10.2. The number of carbonyl (C=O) groups excluding carboxylic acids is 1. The molecule has 4 nitrogen and oxygen atoms in total. The van der Waals surface area contributed by atoms with Gasteiger partial charge in [-0.05, 0) is 19.1 Å². The molecular formula is C12H13F3N2O2. The Labute approximate surface area is 107 Å². The predicted molar refractivity (Wildman–Crippen MR) is 62.0 cm³/mol.